The third-order valence-corrected chi connectivity index (χ3v) is 2.71. The van der Waals surface area contributed by atoms with Crippen molar-refractivity contribution >= 4 is 17.6 Å². The molecule has 1 amide bonds. The fourth-order valence-corrected chi connectivity index (χ4v) is 1.56. The maximum atomic E-state index is 11.9. The van der Waals surface area contributed by atoms with Crippen molar-refractivity contribution in [3.05, 3.63) is 11.4 Å². The van der Waals surface area contributed by atoms with E-state index in [4.69, 9.17) is 10.5 Å². The number of hydrogen-bond acceptors (Lipinski definition) is 5. The number of anilines is 1. The Morgan fingerprint density at radius 3 is 2.58 bits per heavy atom. The number of amides is 1. The molecule has 106 valence electrons. The Kier molecular flexibility index (Phi) is 4.91. The number of carbonyl (C=O) groups is 2. The van der Waals surface area contributed by atoms with Gasteiger partial charge < -0.3 is 15.4 Å². The lowest BCUT2D eigenvalue weighted by molar-refractivity contribution is -0.129. The molecule has 0 aliphatic heterocycles. The van der Waals surface area contributed by atoms with E-state index in [1.165, 1.54) is 9.58 Å². The monoisotopic (exact) mass is 268 g/mol. The van der Waals surface area contributed by atoms with Gasteiger partial charge in [-0.2, -0.15) is 5.10 Å². The summed E-state index contributed by atoms with van der Waals surface area (Å²) in [6.45, 7) is 4.15. The van der Waals surface area contributed by atoms with Crippen LogP contribution in [0.25, 0.3) is 0 Å². The summed E-state index contributed by atoms with van der Waals surface area (Å²) in [5, 5.41) is 4.14. The van der Waals surface area contributed by atoms with Gasteiger partial charge in [-0.3, -0.25) is 9.48 Å². The van der Waals surface area contributed by atoms with Gasteiger partial charge in [-0.25, -0.2) is 4.79 Å². The summed E-state index contributed by atoms with van der Waals surface area (Å²) in [5.41, 5.74) is 6.97. The van der Waals surface area contributed by atoms with Gasteiger partial charge in [-0.15, -0.1) is 0 Å². The first-order valence-corrected chi connectivity index (χ1v) is 6.08. The Hall–Kier alpha value is -2.05. The first-order chi connectivity index (χ1) is 8.88. The van der Waals surface area contributed by atoms with Crippen LogP contribution in [0.2, 0.25) is 0 Å². The molecule has 0 atom stereocenters. The van der Waals surface area contributed by atoms with E-state index in [1.807, 2.05) is 6.92 Å². The van der Waals surface area contributed by atoms with Crippen molar-refractivity contribution in [1.82, 2.24) is 14.7 Å². The highest BCUT2D eigenvalue weighted by atomic mass is 16.5. The summed E-state index contributed by atoms with van der Waals surface area (Å²) in [4.78, 5) is 24.7. The van der Waals surface area contributed by atoms with E-state index >= 15 is 0 Å². The normalized spacial score (nSPS) is 10.3. The molecule has 1 rings (SSSR count). The van der Waals surface area contributed by atoms with E-state index in [9.17, 15) is 9.59 Å². The molecule has 0 unspecified atom stereocenters. The van der Waals surface area contributed by atoms with Crippen LogP contribution in [0.15, 0.2) is 0 Å². The van der Waals surface area contributed by atoms with Gasteiger partial charge in [0.1, 0.15) is 6.61 Å². The molecule has 7 nitrogen and oxygen atoms in total. The minimum atomic E-state index is -0.550. The Bertz CT molecular complexity index is 480. The van der Waals surface area contributed by atoms with Crippen molar-refractivity contribution < 1.29 is 14.3 Å². The second kappa shape index (κ2) is 6.21. The molecule has 0 radical (unpaired) electrons. The summed E-state index contributed by atoms with van der Waals surface area (Å²) in [6, 6.07) is 0. The van der Waals surface area contributed by atoms with Crippen molar-refractivity contribution in [2.75, 3.05) is 26.4 Å². The van der Waals surface area contributed by atoms with E-state index in [-0.39, 0.29) is 24.6 Å². The van der Waals surface area contributed by atoms with Crippen LogP contribution >= 0.6 is 0 Å². The first-order valence-electron chi connectivity index (χ1n) is 6.08. The molecule has 0 saturated heterocycles. The fourth-order valence-electron chi connectivity index (χ4n) is 1.56. The van der Waals surface area contributed by atoms with E-state index in [2.05, 4.69) is 5.10 Å². The number of esters is 1. The Balaban J connectivity index is 2.66. The highest BCUT2D eigenvalue weighted by Crippen LogP contribution is 2.17. The van der Waals surface area contributed by atoms with Gasteiger partial charge in [0, 0.05) is 20.6 Å². The first kappa shape index (κ1) is 15.0. The predicted octanol–water partition coefficient (Wildman–Crippen LogP) is 0.429. The molecule has 0 aliphatic carbocycles. The minimum Gasteiger partial charge on any atom is -0.460 e. The van der Waals surface area contributed by atoms with Gasteiger partial charge in [-0.05, 0) is 13.8 Å². The van der Waals surface area contributed by atoms with Gasteiger partial charge in [0.2, 0.25) is 5.91 Å². The van der Waals surface area contributed by atoms with Crippen LogP contribution in [0, 0.1) is 6.92 Å². The highest BCUT2D eigenvalue weighted by molar-refractivity contribution is 5.94. The smallest absolute Gasteiger partial charge is 0.358 e. The highest BCUT2D eigenvalue weighted by Gasteiger charge is 2.20. The maximum Gasteiger partial charge on any atom is 0.358 e. The van der Waals surface area contributed by atoms with Gasteiger partial charge in [0.25, 0.3) is 0 Å². The second-order valence-electron chi connectivity index (χ2n) is 4.34. The van der Waals surface area contributed by atoms with Crippen molar-refractivity contribution in [3.8, 4) is 0 Å². The third-order valence-electron chi connectivity index (χ3n) is 2.71. The van der Waals surface area contributed by atoms with Gasteiger partial charge in [-0.1, -0.05) is 0 Å². The zero-order valence-electron chi connectivity index (χ0n) is 11.8. The van der Waals surface area contributed by atoms with Gasteiger partial charge >= 0.3 is 5.97 Å². The number of nitrogens with zero attached hydrogens (tertiary/aromatic N) is 3. The van der Waals surface area contributed by atoms with Crippen LogP contribution in [0.4, 0.5) is 5.69 Å². The number of aromatic nitrogens is 2. The molecule has 1 aromatic rings. The maximum absolute atomic E-state index is 11.9. The zero-order valence-corrected chi connectivity index (χ0v) is 11.8. The quantitative estimate of drug-likeness (QED) is 0.782. The van der Waals surface area contributed by atoms with Gasteiger partial charge in [0.15, 0.2) is 5.69 Å². The summed E-state index contributed by atoms with van der Waals surface area (Å²) < 4.78 is 6.56. The molecule has 19 heavy (non-hydrogen) atoms. The zero-order chi connectivity index (χ0) is 14.6. The Labute approximate surface area is 112 Å². The largest absolute Gasteiger partial charge is 0.460 e. The molecule has 0 saturated carbocycles. The minimum absolute atomic E-state index is 0.0310. The average molecular weight is 268 g/mol. The summed E-state index contributed by atoms with van der Waals surface area (Å²) >= 11 is 0. The van der Waals surface area contributed by atoms with Crippen LogP contribution < -0.4 is 5.73 Å². The molecule has 1 heterocycles. The molecule has 0 aromatic carbocycles. The van der Waals surface area contributed by atoms with Gasteiger partial charge in [0.05, 0.1) is 17.8 Å². The Morgan fingerprint density at radius 2 is 2.05 bits per heavy atom. The molecule has 0 aliphatic rings. The lowest BCUT2D eigenvalue weighted by Gasteiger charge is -2.10. The number of ether oxygens (including phenoxy) is 1. The van der Waals surface area contributed by atoms with Crippen molar-refractivity contribution in [3.63, 3.8) is 0 Å². The lowest BCUT2D eigenvalue weighted by atomic mass is 10.3. The van der Waals surface area contributed by atoms with E-state index < -0.39 is 5.97 Å². The van der Waals surface area contributed by atoms with Crippen LogP contribution in [0.3, 0.4) is 0 Å². The number of carbonyl (C=O) groups excluding carboxylic acids is 2. The average Bonchev–Trinajstić information content (AvgIpc) is 2.64. The SMILES string of the molecule is CCn1nc(C)c(N)c1C(=O)OCCC(=O)N(C)C. The summed E-state index contributed by atoms with van der Waals surface area (Å²) in [5.74, 6) is -0.646. The molecule has 0 spiro atoms. The number of aryl methyl sites for hydroxylation is 2. The standard InChI is InChI=1S/C12H20N4O3/c1-5-16-11(10(13)8(2)14-16)12(18)19-7-6-9(17)15(3)4/h5-7,13H2,1-4H3. The number of nitrogens with two attached hydrogens (primary N) is 1. The molecular weight excluding hydrogens is 248 g/mol. The van der Waals surface area contributed by atoms with Crippen LogP contribution in [0.1, 0.15) is 29.5 Å². The summed E-state index contributed by atoms with van der Waals surface area (Å²) in [6.07, 6.45) is 0.151. The van der Waals surface area contributed by atoms with Crippen molar-refractivity contribution in [2.45, 2.75) is 26.8 Å². The second-order valence-corrected chi connectivity index (χ2v) is 4.34. The van der Waals surface area contributed by atoms with Crippen molar-refractivity contribution in [1.29, 1.82) is 0 Å². The Morgan fingerprint density at radius 1 is 1.42 bits per heavy atom. The number of nitrogen functional groups attached to an aromatic ring is 1. The third kappa shape index (κ3) is 3.46. The van der Waals surface area contributed by atoms with Crippen LogP contribution in [-0.2, 0) is 16.1 Å². The number of rotatable bonds is 5. The topological polar surface area (TPSA) is 90.5 Å². The predicted molar refractivity (Wildman–Crippen MR) is 70.6 cm³/mol. The van der Waals surface area contributed by atoms with Crippen molar-refractivity contribution in [2.24, 2.45) is 0 Å². The molecule has 0 fully saturated rings. The van der Waals surface area contributed by atoms with E-state index in [0.29, 0.717) is 17.9 Å². The molecule has 0 bridgehead atoms. The van der Waals surface area contributed by atoms with E-state index in [0.717, 1.165) is 0 Å². The molecule has 1 aromatic heterocycles. The number of hydrogen-bond donors (Lipinski definition) is 1. The van der Waals surface area contributed by atoms with Crippen LogP contribution in [-0.4, -0.2) is 47.3 Å². The fraction of sp³-hybridized carbons (Fsp3) is 0.583. The molecule has 2 N–H and O–H groups in total. The lowest BCUT2D eigenvalue weighted by Crippen LogP contribution is -2.24. The molecular formula is C12H20N4O3. The van der Waals surface area contributed by atoms with E-state index in [1.54, 1.807) is 21.0 Å². The van der Waals surface area contributed by atoms with Crippen LogP contribution in [0.5, 0.6) is 0 Å². The summed E-state index contributed by atoms with van der Waals surface area (Å²) in [7, 11) is 3.30. The molecule has 7 heteroatoms.